The molecular weight excluding hydrogens is 280 g/mol. The lowest BCUT2D eigenvalue weighted by Crippen LogP contribution is -2.33. The Hall–Kier alpha value is -1.84. The van der Waals surface area contributed by atoms with Gasteiger partial charge in [0, 0.05) is 5.92 Å². The van der Waals surface area contributed by atoms with Crippen LogP contribution in [-0.4, -0.2) is 25.2 Å². The zero-order valence-corrected chi connectivity index (χ0v) is 13.7. The molecule has 0 radical (unpaired) electrons. The number of benzene rings is 1. The quantitative estimate of drug-likeness (QED) is 0.515. The Kier molecular flexibility index (Phi) is 8.26. The van der Waals surface area contributed by atoms with E-state index in [1.165, 1.54) is 0 Å². The van der Waals surface area contributed by atoms with E-state index in [0.29, 0.717) is 19.6 Å². The first-order chi connectivity index (χ1) is 10.7. The standard InChI is InChI=1S/C18H26O4/c1-4-12-21-17(19)16(18(20)22-13-5-2)15(6-3)14-10-8-7-9-11-14/h7-11,15-16H,4-6,12-13H2,1-3H3. The Labute approximate surface area is 132 Å². The van der Waals surface area contributed by atoms with Gasteiger partial charge in [0.2, 0.25) is 0 Å². The fourth-order valence-corrected chi connectivity index (χ4v) is 2.37. The fourth-order valence-electron chi connectivity index (χ4n) is 2.37. The Morgan fingerprint density at radius 3 is 1.82 bits per heavy atom. The highest BCUT2D eigenvalue weighted by atomic mass is 16.6. The van der Waals surface area contributed by atoms with Crippen LogP contribution in [0.25, 0.3) is 0 Å². The highest BCUT2D eigenvalue weighted by Gasteiger charge is 2.37. The summed E-state index contributed by atoms with van der Waals surface area (Å²) in [6.45, 7) is 6.45. The van der Waals surface area contributed by atoms with Gasteiger partial charge >= 0.3 is 11.9 Å². The highest BCUT2D eigenvalue weighted by Crippen LogP contribution is 2.30. The van der Waals surface area contributed by atoms with Crippen molar-refractivity contribution >= 4 is 11.9 Å². The van der Waals surface area contributed by atoms with Crippen LogP contribution in [0.4, 0.5) is 0 Å². The second-order valence-electron chi connectivity index (χ2n) is 5.24. The van der Waals surface area contributed by atoms with Gasteiger partial charge < -0.3 is 9.47 Å². The first-order valence-corrected chi connectivity index (χ1v) is 8.03. The summed E-state index contributed by atoms with van der Waals surface area (Å²) in [5, 5.41) is 0. The van der Waals surface area contributed by atoms with Crippen LogP contribution < -0.4 is 0 Å². The molecule has 0 N–H and O–H groups in total. The Morgan fingerprint density at radius 1 is 0.909 bits per heavy atom. The molecule has 122 valence electrons. The number of carbonyl (C=O) groups is 2. The molecular formula is C18H26O4. The average Bonchev–Trinajstić information content (AvgIpc) is 2.55. The largest absolute Gasteiger partial charge is 0.465 e. The van der Waals surface area contributed by atoms with Crippen molar-refractivity contribution in [2.24, 2.45) is 5.92 Å². The molecule has 0 heterocycles. The summed E-state index contributed by atoms with van der Waals surface area (Å²) < 4.78 is 10.4. The van der Waals surface area contributed by atoms with Gasteiger partial charge in [-0.1, -0.05) is 51.1 Å². The second-order valence-corrected chi connectivity index (χ2v) is 5.24. The first kappa shape index (κ1) is 18.2. The fraction of sp³-hybridized carbons (Fsp3) is 0.556. The number of ether oxygens (including phenoxy) is 2. The molecule has 22 heavy (non-hydrogen) atoms. The van der Waals surface area contributed by atoms with Gasteiger partial charge in [0.25, 0.3) is 0 Å². The van der Waals surface area contributed by atoms with E-state index in [-0.39, 0.29) is 5.92 Å². The highest BCUT2D eigenvalue weighted by molar-refractivity contribution is 5.96. The molecule has 1 aromatic rings. The van der Waals surface area contributed by atoms with Gasteiger partial charge in [-0.2, -0.15) is 0 Å². The van der Waals surface area contributed by atoms with E-state index in [9.17, 15) is 9.59 Å². The zero-order chi connectivity index (χ0) is 16.4. The Morgan fingerprint density at radius 2 is 1.41 bits per heavy atom. The van der Waals surface area contributed by atoms with E-state index >= 15 is 0 Å². The number of esters is 2. The third kappa shape index (κ3) is 5.17. The topological polar surface area (TPSA) is 52.6 Å². The molecule has 4 heteroatoms. The van der Waals surface area contributed by atoms with Crippen molar-refractivity contribution in [2.75, 3.05) is 13.2 Å². The van der Waals surface area contributed by atoms with Gasteiger partial charge in [0.1, 0.15) is 0 Å². The molecule has 0 saturated carbocycles. The maximum Gasteiger partial charge on any atom is 0.320 e. The second kappa shape index (κ2) is 9.98. The number of hydrogen-bond acceptors (Lipinski definition) is 4. The average molecular weight is 306 g/mol. The SMILES string of the molecule is CCCOC(=O)C(C(=O)OCCC)C(CC)c1ccccc1. The smallest absolute Gasteiger partial charge is 0.320 e. The third-order valence-corrected chi connectivity index (χ3v) is 3.47. The minimum absolute atomic E-state index is 0.227. The van der Waals surface area contributed by atoms with E-state index in [1.807, 2.05) is 51.1 Å². The normalized spacial score (nSPS) is 12.0. The molecule has 0 aliphatic rings. The van der Waals surface area contributed by atoms with Crippen molar-refractivity contribution in [3.8, 4) is 0 Å². The van der Waals surface area contributed by atoms with Gasteiger partial charge in [-0.25, -0.2) is 0 Å². The van der Waals surface area contributed by atoms with Crippen LogP contribution in [0.3, 0.4) is 0 Å². The maximum atomic E-state index is 12.4. The van der Waals surface area contributed by atoms with E-state index in [4.69, 9.17) is 9.47 Å². The predicted octanol–water partition coefficient (Wildman–Crippen LogP) is 3.70. The molecule has 1 rings (SSSR count). The monoisotopic (exact) mass is 306 g/mol. The summed E-state index contributed by atoms with van der Waals surface area (Å²) in [6.07, 6.45) is 2.12. The van der Waals surface area contributed by atoms with Crippen molar-refractivity contribution < 1.29 is 19.1 Å². The molecule has 0 aromatic heterocycles. The molecule has 0 aliphatic heterocycles. The number of rotatable bonds is 9. The van der Waals surface area contributed by atoms with Crippen molar-refractivity contribution in [2.45, 2.75) is 46.0 Å². The lowest BCUT2D eigenvalue weighted by atomic mass is 9.84. The number of hydrogen-bond donors (Lipinski definition) is 0. The van der Waals surface area contributed by atoms with Gasteiger partial charge in [0.05, 0.1) is 13.2 Å². The molecule has 1 unspecified atom stereocenters. The first-order valence-electron chi connectivity index (χ1n) is 8.03. The molecule has 0 fully saturated rings. The van der Waals surface area contributed by atoms with E-state index in [1.54, 1.807) is 0 Å². The molecule has 0 amide bonds. The van der Waals surface area contributed by atoms with Gasteiger partial charge in [0.15, 0.2) is 5.92 Å². The van der Waals surface area contributed by atoms with Gasteiger partial charge in [-0.15, -0.1) is 0 Å². The van der Waals surface area contributed by atoms with Crippen LogP contribution in [0, 0.1) is 5.92 Å². The van der Waals surface area contributed by atoms with Crippen LogP contribution in [0.15, 0.2) is 30.3 Å². The molecule has 0 spiro atoms. The summed E-state index contributed by atoms with van der Waals surface area (Å²) >= 11 is 0. The Bertz CT molecular complexity index is 435. The molecule has 1 aromatic carbocycles. The summed E-state index contributed by atoms with van der Waals surface area (Å²) in [6, 6.07) is 9.59. The van der Waals surface area contributed by atoms with Crippen molar-refractivity contribution in [1.82, 2.24) is 0 Å². The van der Waals surface area contributed by atoms with Crippen LogP contribution >= 0.6 is 0 Å². The molecule has 0 saturated heterocycles. The molecule has 1 atom stereocenters. The van der Waals surface area contributed by atoms with E-state index in [0.717, 1.165) is 18.4 Å². The predicted molar refractivity (Wildman–Crippen MR) is 85.5 cm³/mol. The van der Waals surface area contributed by atoms with Crippen molar-refractivity contribution in [3.05, 3.63) is 35.9 Å². The van der Waals surface area contributed by atoms with E-state index < -0.39 is 17.9 Å². The van der Waals surface area contributed by atoms with Crippen LogP contribution in [0.1, 0.15) is 51.5 Å². The van der Waals surface area contributed by atoms with Gasteiger partial charge in [-0.3, -0.25) is 9.59 Å². The van der Waals surface area contributed by atoms with Crippen LogP contribution in [-0.2, 0) is 19.1 Å². The minimum Gasteiger partial charge on any atom is -0.465 e. The Balaban J connectivity index is 3.00. The van der Waals surface area contributed by atoms with Crippen molar-refractivity contribution in [1.29, 1.82) is 0 Å². The molecule has 4 nitrogen and oxygen atoms in total. The maximum absolute atomic E-state index is 12.4. The lowest BCUT2D eigenvalue weighted by Gasteiger charge is -2.23. The number of carbonyl (C=O) groups excluding carboxylic acids is 2. The zero-order valence-electron chi connectivity index (χ0n) is 13.7. The van der Waals surface area contributed by atoms with Crippen LogP contribution in [0.2, 0.25) is 0 Å². The van der Waals surface area contributed by atoms with Crippen molar-refractivity contribution in [3.63, 3.8) is 0 Å². The minimum atomic E-state index is -0.898. The van der Waals surface area contributed by atoms with Gasteiger partial charge in [-0.05, 0) is 24.8 Å². The summed E-state index contributed by atoms with van der Waals surface area (Å²) in [7, 11) is 0. The third-order valence-electron chi connectivity index (χ3n) is 3.47. The summed E-state index contributed by atoms with van der Waals surface area (Å²) in [5.41, 5.74) is 0.955. The molecule has 0 aliphatic carbocycles. The lowest BCUT2D eigenvalue weighted by molar-refractivity contribution is -0.163. The molecule has 0 bridgehead atoms. The summed E-state index contributed by atoms with van der Waals surface area (Å²) in [4.78, 5) is 24.7. The van der Waals surface area contributed by atoms with E-state index in [2.05, 4.69) is 0 Å². The van der Waals surface area contributed by atoms with Crippen LogP contribution in [0.5, 0.6) is 0 Å². The summed E-state index contributed by atoms with van der Waals surface area (Å²) in [5.74, 6) is -2.10.